The topological polar surface area (TPSA) is 84.5 Å². The smallest absolute Gasteiger partial charge is 0.323 e. The average Bonchev–Trinajstić information content (AvgIpc) is 2.70. The maximum Gasteiger partial charge on any atom is 0.323 e. The Hall–Kier alpha value is -1.87. The van der Waals surface area contributed by atoms with Crippen molar-refractivity contribution in [1.29, 1.82) is 0 Å². The standard InChI is InChI=1S/C12H17NO2S.C8H11NO2S/c1-2-15-12(14)11(9-16)13-8-10-6-4-3-5-7-10;1-7-3-5-8(6-4-7)12(10,11)9-2/h3-7,11,13,16H,2,8-9H2,1H3;3-6,9H,1-2H3. The second kappa shape index (κ2) is 12.6. The van der Waals surface area contributed by atoms with Crippen LogP contribution in [0.3, 0.4) is 0 Å². The number of carbonyl (C=O) groups excluding carboxylic acids is 1. The molecule has 2 rings (SSSR count). The molecule has 154 valence electrons. The molecular formula is C20H28N2O4S2. The van der Waals surface area contributed by atoms with Crippen LogP contribution in [0.1, 0.15) is 18.1 Å². The van der Waals surface area contributed by atoms with Gasteiger partial charge in [0, 0.05) is 12.3 Å². The van der Waals surface area contributed by atoms with E-state index in [9.17, 15) is 13.2 Å². The quantitative estimate of drug-likeness (QED) is 0.448. The second-order valence-electron chi connectivity index (χ2n) is 5.87. The lowest BCUT2D eigenvalue weighted by atomic mass is 10.2. The SMILES string of the molecule is CCOC(=O)C(CS)NCc1ccccc1.CNS(=O)(=O)c1ccc(C)cc1. The fourth-order valence-corrected chi connectivity index (χ4v) is 3.15. The van der Waals surface area contributed by atoms with Crippen molar-refractivity contribution in [3.63, 3.8) is 0 Å². The van der Waals surface area contributed by atoms with Crippen molar-refractivity contribution < 1.29 is 17.9 Å². The largest absolute Gasteiger partial charge is 0.465 e. The van der Waals surface area contributed by atoms with Crippen LogP contribution in [0.25, 0.3) is 0 Å². The van der Waals surface area contributed by atoms with Crippen LogP contribution in [0, 0.1) is 6.92 Å². The molecule has 0 amide bonds. The third kappa shape index (κ3) is 8.43. The summed E-state index contributed by atoms with van der Waals surface area (Å²) in [5.41, 5.74) is 2.18. The molecule has 0 saturated carbocycles. The number of hydrogen-bond donors (Lipinski definition) is 3. The predicted octanol–water partition coefficient (Wildman–Crippen LogP) is 2.54. The summed E-state index contributed by atoms with van der Waals surface area (Å²) in [6.07, 6.45) is 0. The highest BCUT2D eigenvalue weighted by Crippen LogP contribution is 2.08. The Morgan fingerprint density at radius 3 is 2.21 bits per heavy atom. The van der Waals surface area contributed by atoms with Crippen LogP contribution in [0.4, 0.5) is 0 Å². The summed E-state index contributed by atoms with van der Waals surface area (Å²) in [5.74, 6) is 0.194. The number of ether oxygens (including phenoxy) is 1. The zero-order valence-corrected chi connectivity index (χ0v) is 18.1. The van der Waals surface area contributed by atoms with Crippen LogP contribution < -0.4 is 10.0 Å². The molecule has 6 nitrogen and oxygen atoms in total. The van der Waals surface area contributed by atoms with Gasteiger partial charge < -0.3 is 4.74 Å². The van der Waals surface area contributed by atoms with E-state index in [4.69, 9.17) is 4.74 Å². The maximum absolute atomic E-state index is 11.5. The number of aryl methyl sites for hydroxylation is 1. The summed E-state index contributed by atoms with van der Waals surface area (Å²) in [5, 5.41) is 3.12. The Morgan fingerprint density at radius 1 is 1.11 bits per heavy atom. The molecule has 0 aliphatic carbocycles. The molecule has 0 heterocycles. The molecule has 0 radical (unpaired) electrons. The fraction of sp³-hybridized carbons (Fsp3) is 0.350. The van der Waals surface area contributed by atoms with Crippen LogP contribution in [0.5, 0.6) is 0 Å². The zero-order valence-electron chi connectivity index (χ0n) is 16.4. The van der Waals surface area contributed by atoms with E-state index in [2.05, 4.69) is 22.7 Å². The molecule has 28 heavy (non-hydrogen) atoms. The van der Waals surface area contributed by atoms with Crippen molar-refractivity contribution in [2.45, 2.75) is 31.3 Å². The summed E-state index contributed by atoms with van der Waals surface area (Å²) in [7, 11) is -1.87. The number of thiol groups is 1. The van der Waals surface area contributed by atoms with E-state index >= 15 is 0 Å². The highest BCUT2D eigenvalue weighted by atomic mass is 32.2. The highest BCUT2D eigenvalue weighted by molar-refractivity contribution is 7.89. The van der Waals surface area contributed by atoms with Gasteiger partial charge in [0.2, 0.25) is 10.0 Å². The molecule has 0 aliphatic heterocycles. The van der Waals surface area contributed by atoms with Gasteiger partial charge in [0.25, 0.3) is 0 Å². The maximum atomic E-state index is 11.5. The predicted molar refractivity (Wildman–Crippen MR) is 115 cm³/mol. The van der Waals surface area contributed by atoms with Gasteiger partial charge in [0.05, 0.1) is 11.5 Å². The van der Waals surface area contributed by atoms with Gasteiger partial charge in [-0.1, -0.05) is 48.0 Å². The molecule has 1 unspecified atom stereocenters. The van der Waals surface area contributed by atoms with Crippen molar-refractivity contribution in [2.24, 2.45) is 0 Å². The number of carbonyl (C=O) groups is 1. The van der Waals surface area contributed by atoms with Gasteiger partial charge in [-0.3, -0.25) is 10.1 Å². The summed E-state index contributed by atoms with van der Waals surface area (Å²) in [6, 6.07) is 16.3. The Bertz CT molecular complexity index is 810. The lowest BCUT2D eigenvalue weighted by molar-refractivity contribution is -0.145. The van der Waals surface area contributed by atoms with Gasteiger partial charge in [-0.15, -0.1) is 0 Å². The summed E-state index contributed by atoms with van der Waals surface area (Å²) >= 11 is 4.13. The third-order valence-electron chi connectivity index (χ3n) is 3.75. The van der Waals surface area contributed by atoms with E-state index in [-0.39, 0.29) is 12.0 Å². The van der Waals surface area contributed by atoms with E-state index in [1.807, 2.05) is 37.3 Å². The molecule has 0 aliphatic rings. The lowest BCUT2D eigenvalue weighted by Crippen LogP contribution is -2.39. The fourth-order valence-electron chi connectivity index (χ4n) is 2.14. The van der Waals surface area contributed by atoms with Crippen molar-refractivity contribution in [3.05, 3.63) is 65.7 Å². The highest BCUT2D eigenvalue weighted by Gasteiger charge is 2.16. The number of hydrogen-bond acceptors (Lipinski definition) is 6. The van der Waals surface area contributed by atoms with E-state index in [0.29, 0.717) is 23.8 Å². The number of nitrogens with one attached hydrogen (secondary N) is 2. The van der Waals surface area contributed by atoms with Crippen LogP contribution in [0.15, 0.2) is 59.5 Å². The second-order valence-corrected chi connectivity index (χ2v) is 8.13. The van der Waals surface area contributed by atoms with Gasteiger partial charge in [-0.2, -0.15) is 12.6 Å². The van der Waals surface area contributed by atoms with Gasteiger partial charge in [0.15, 0.2) is 0 Å². The summed E-state index contributed by atoms with van der Waals surface area (Å²) < 4.78 is 29.6. The van der Waals surface area contributed by atoms with Crippen LogP contribution >= 0.6 is 12.6 Å². The van der Waals surface area contributed by atoms with Gasteiger partial charge in [-0.05, 0) is 38.6 Å². The first-order valence-corrected chi connectivity index (χ1v) is 11.0. The minimum Gasteiger partial charge on any atom is -0.465 e. The minimum atomic E-state index is -3.26. The normalized spacial score (nSPS) is 11.9. The lowest BCUT2D eigenvalue weighted by Gasteiger charge is -2.14. The number of esters is 1. The van der Waals surface area contributed by atoms with Crippen molar-refractivity contribution in [3.8, 4) is 0 Å². The van der Waals surface area contributed by atoms with E-state index in [0.717, 1.165) is 11.1 Å². The summed E-state index contributed by atoms with van der Waals surface area (Å²) in [6.45, 7) is 4.75. The van der Waals surface area contributed by atoms with E-state index in [1.165, 1.54) is 7.05 Å². The van der Waals surface area contributed by atoms with Gasteiger partial charge in [-0.25, -0.2) is 13.1 Å². The van der Waals surface area contributed by atoms with Crippen LogP contribution in [0.2, 0.25) is 0 Å². The van der Waals surface area contributed by atoms with E-state index in [1.54, 1.807) is 31.2 Å². The number of sulfonamides is 1. The average molecular weight is 425 g/mol. The number of benzene rings is 2. The van der Waals surface area contributed by atoms with Gasteiger partial charge in [0.1, 0.15) is 6.04 Å². The summed E-state index contributed by atoms with van der Waals surface area (Å²) in [4.78, 5) is 11.8. The first-order valence-electron chi connectivity index (χ1n) is 8.89. The first kappa shape index (κ1) is 24.2. The van der Waals surface area contributed by atoms with E-state index < -0.39 is 10.0 Å². The molecule has 2 N–H and O–H groups in total. The zero-order chi connectivity index (χ0) is 21.0. The van der Waals surface area contributed by atoms with Crippen molar-refractivity contribution in [1.82, 2.24) is 10.0 Å². The van der Waals surface area contributed by atoms with Crippen LogP contribution in [-0.2, 0) is 26.1 Å². The molecule has 2 aromatic rings. The monoisotopic (exact) mass is 424 g/mol. The molecule has 0 spiro atoms. The third-order valence-corrected chi connectivity index (χ3v) is 5.54. The number of rotatable bonds is 8. The molecule has 1 atom stereocenters. The Balaban J connectivity index is 0.000000292. The molecule has 0 bridgehead atoms. The Kier molecular flexibility index (Phi) is 10.8. The van der Waals surface area contributed by atoms with Crippen LogP contribution in [-0.4, -0.2) is 39.8 Å². The van der Waals surface area contributed by atoms with Gasteiger partial charge >= 0.3 is 5.97 Å². The Labute approximate surface area is 173 Å². The molecular weight excluding hydrogens is 396 g/mol. The molecule has 0 aromatic heterocycles. The molecule has 2 aromatic carbocycles. The first-order chi connectivity index (χ1) is 13.3. The molecule has 0 fully saturated rings. The minimum absolute atomic E-state index is 0.242. The van der Waals surface area contributed by atoms with Crippen molar-refractivity contribution in [2.75, 3.05) is 19.4 Å². The Morgan fingerprint density at radius 2 is 1.71 bits per heavy atom. The van der Waals surface area contributed by atoms with Crippen molar-refractivity contribution >= 4 is 28.6 Å². The molecule has 8 heteroatoms. The molecule has 0 saturated heterocycles.